The van der Waals surface area contributed by atoms with E-state index in [0.29, 0.717) is 0 Å². The molecule has 2 aliphatic rings. The van der Waals surface area contributed by atoms with E-state index in [-0.39, 0.29) is 0 Å². The first-order valence-electron chi connectivity index (χ1n) is 24.7. The van der Waals surface area contributed by atoms with Crippen LogP contribution in [-0.2, 0) is 5.41 Å². The number of benzene rings is 12. The lowest BCUT2D eigenvalue weighted by Crippen LogP contribution is -2.26. The molecule has 0 N–H and O–H groups in total. The zero-order valence-electron chi connectivity index (χ0n) is 38.8. The SMILES string of the molecule is c1cc(-c2ccc(N(c3ccc4c(c3)C3(c5ccccc5-c5ccccc53)c3ccccc3-4)c3ccc4ccccc4c3)cc2)cc(-c2ccc3c(c2)c2ccccc2n3-c2cccc3ccccc23)c1. The zero-order valence-corrected chi connectivity index (χ0v) is 38.8. The fourth-order valence-electron chi connectivity index (χ4n) is 12.5. The average Bonchev–Trinajstić information content (AvgIpc) is 4.05. The molecule has 12 aromatic carbocycles. The Morgan fingerprint density at radius 2 is 0.775 bits per heavy atom. The van der Waals surface area contributed by atoms with Crippen molar-refractivity contribution < 1.29 is 0 Å². The molecular formula is C69H44N2. The van der Waals surface area contributed by atoms with Gasteiger partial charge in [0.15, 0.2) is 0 Å². The van der Waals surface area contributed by atoms with E-state index in [9.17, 15) is 0 Å². The molecular weight excluding hydrogens is 857 g/mol. The highest BCUT2D eigenvalue weighted by molar-refractivity contribution is 6.12. The number of nitrogens with zero attached hydrogens (tertiary/aromatic N) is 2. The third kappa shape index (κ3) is 5.83. The minimum atomic E-state index is -0.433. The van der Waals surface area contributed by atoms with Gasteiger partial charge in [0, 0.05) is 33.2 Å². The van der Waals surface area contributed by atoms with Gasteiger partial charge in [-0.2, -0.15) is 0 Å². The van der Waals surface area contributed by atoms with Crippen LogP contribution < -0.4 is 4.90 Å². The van der Waals surface area contributed by atoms with Crippen LogP contribution in [0.1, 0.15) is 22.3 Å². The standard InChI is InChI=1S/C69H44N2/c1-2-17-50-42-53(37-33-45(50)15-1)70(54-38-39-59-58-24-7-11-28-64(58)69(65(59)44-54)62-26-9-5-22-56(62)57-23-6-10-27-63(57)69)52-35-31-46(32-36-52)48-19-13-20-49(41-48)51-34-40-68-61(43-51)60-25-8-12-29-67(60)71(68)66-30-14-18-47-16-3-4-21-55(47)66/h1-44H. The highest BCUT2D eigenvalue weighted by atomic mass is 15.1. The Labute approximate surface area is 412 Å². The van der Waals surface area contributed by atoms with Gasteiger partial charge in [-0.3, -0.25) is 0 Å². The Bertz CT molecular complexity index is 4240. The van der Waals surface area contributed by atoms with Crippen LogP contribution in [0.2, 0.25) is 0 Å². The van der Waals surface area contributed by atoms with Crippen LogP contribution in [0.4, 0.5) is 17.1 Å². The van der Waals surface area contributed by atoms with Crippen molar-refractivity contribution in [1.82, 2.24) is 4.57 Å². The second-order valence-electron chi connectivity index (χ2n) is 19.2. The molecule has 1 spiro atoms. The summed E-state index contributed by atoms with van der Waals surface area (Å²) in [6.45, 7) is 0. The molecule has 71 heavy (non-hydrogen) atoms. The quantitative estimate of drug-likeness (QED) is 0.161. The second kappa shape index (κ2) is 15.4. The molecule has 13 aromatic rings. The lowest BCUT2D eigenvalue weighted by atomic mass is 9.70. The molecule has 0 saturated heterocycles. The lowest BCUT2D eigenvalue weighted by molar-refractivity contribution is 0.793. The summed E-state index contributed by atoms with van der Waals surface area (Å²) < 4.78 is 2.43. The van der Waals surface area contributed by atoms with Crippen molar-refractivity contribution in [3.8, 4) is 50.2 Å². The van der Waals surface area contributed by atoms with Gasteiger partial charge in [-0.1, -0.05) is 200 Å². The van der Waals surface area contributed by atoms with Gasteiger partial charge < -0.3 is 9.47 Å². The molecule has 1 heterocycles. The van der Waals surface area contributed by atoms with Crippen molar-refractivity contribution in [3.05, 3.63) is 289 Å². The van der Waals surface area contributed by atoms with E-state index in [1.54, 1.807) is 0 Å². The van der Waals surface area contributed by atoms with Crippen molar-refractivity contribution in [2.75, 3.05) is 4.90 Å². The molecule has 330 valence electrons. The highest BCUT2D eigenvalue weighted by Gasteiger charge is 2.51. The number of para-hydroxylation sites is 1. The molecule has 2 aliphatic carbocycles. The van der Waals surface area contributed by atoms with Crippen LogP contribution in [-0.4, -0.2) is 4.57 Å². The third-order valence-corrected chi connectivity index (χ3v) is 15.6. The lowest BCUT2D eigenvalue weighted by Gasteiger charge is -2.32. The van der Waals surface area contributed by atoms with Gasteiger partial charge in [0.2, 0.25) is 0 Å². The monoisotopic (exact) mass is 900 g/mol. The first kappa shape index (κ1) is 39.7. The fraction of sp³-hybridized carbons (Fsp3) is 0.0145. The van der Waals surface area contributed by atoms with Crippen molar-refractivity contribution >= 4 is 60.4 Å². The third-order valence-electron chi connectivity index (χ3n) is 15.6. The van der Waals surface area contributed by atoms with Gasteiger partial charge >= 0.3 is 0 Å². The predicted octanol–water partition coefficient (Wildman–Crippen LogP) is 18.2. The van der Waals surface area contributed by atoms with Crippen LogP contribution in [0.5, 0.6) is 0 Å². The summed E-state index contributed by atoms with van der Waals surface area (Å²) in [6, 6.07) is 99.1. The predicted molar refractivity (Wildman–Crippen MR) is 298 cm³/mol. The van der Waals surface area contributed by atoms with Crippen molar-refractivity contribution in [3.63, 3.8) is 0 Å². The van der Waals surface area contributed by atoms with Crippen LogP contribution in [0.25, 0.3) is 93.5 Å². The number of anilines is 3. The number of aromatic nitrogens is 1. The van der Waals surface area contributed by atoms with Gasteiger partial charge in [-0.25, -0.2) is 0 Å². The summed E-state index contributed by atoms with van der Waals surface area (Å²) in [5.41, 5.74) is 21.8. The van der Waals surface area contributed by atoms with Crippen molar-refractivity contribution in [2.24, 2.45) is 0 Å². The van der Waals surface area contributed by atoms with Gasteiger partial charge in [0.25, 0.3) is 0 Å². The zero-order chi connectivity index (χ0) is 46.6. The minimum Gasteiger partial charge on any atom is -0.310 e. The summed E-state index contributed by atoms with van der Waals surface area (Å²) in [7, 11) is 0. The van der Waals surface area contributed by atoms with Gasteiger partial charge in [-0.05, 0) is 150 Å². The normalized spacial score (nSPS) is 12.9. The molecule has 2 heteroatoms. The summed E-state index contributed by atoms with van der Waals surface area (Å²) in [6.07, 6.45) is 0. The first-order chi connectivity index (χ1) is 35.2. The maximum absolute atomic E-state index is 2.48. The minimum absolute atomic E-state index is 0.433. The Balaban J connectivity index is 0.843. The van der Waals surface area contributed by atoms with Gasteiger partial charge in [0.05, 0.1) is 22.1 Å². The Hall–Kier alpha value is -9.24. The van der Waals surface area contributed by atoms with Crippen LogP contribution in [0, 0.1) is 0 Å². The number of hydrogen-bond donors (Lipinski definition) is 0. The molecule has 1 aromatic heterocycles. The number of fused-ring (bicyclic) bond motifs is 15. The summed E-state index contributed by atoms with van der Waals surface area (Å²) >= 11 is 0. The van der Waals surface area contributed by atoms with Crippen LogP contribution >= 0.6 is 0 Å². The summed E-state index contributed by atoms with van der Waals surface area (Å²) in [4.78, 5) is 2.44. The van der Waals surface area contributed by atoms with Crippen molar-refractivity contribution in [2.45, 2.75) is 5.41 Å². The maximum atomic E-state index is 2.48. The Morgan fingerprint density at radius 1 is 0.268 bits per heavy atom. The van der Waals surface area contributed by atoms with E-state index in [4.69, 9.17) is 0 Å². The largest absolute Gasteiger partial charge is 0.310 e. The highest BCUT2D eigenvalue weighted by Crippen LogP contribution is 2.63. The Kier molecular flexibility index (Phi) is 8.61. The molecule has 0 fully saturated rings. The van der Waals surface area contributed by atoms with E-state index in [2.05, 4.69) is 276 Å². The fourth-order valence-corrected chi connectivity index (χ4v) is 12.5. The summed E-state index contributed by atoms with van der Waals surface area (Å²) in [5.74, 6) is 0. The van der Waals surface area contributed by atoms with E-state index in [1.165, 1.54) is 116 Å². The van der Waals surface area contributed by atoms with Gasteiger partial charge in [-0.15, -0.1) is 0 Å². The molecule has 2 nitrogen and oxygen atoms in total. The second-order valence-corrected chi connectivity index (χ2v) is 19.2. The molecule has 0 aliphatic heterocycles. The molecule has 0 amide bonds. The van der Waals surface area contributed by atoms with E-state index in [0.717, 1.165) is 17.1 Å². The number of hydrogen-bond acceptors (Lipinski definition) is 1. The molecule has 0 atom stereocenters. The van der Waals surface area contributed by atoms with Crippen molar-refractivity contribution in [1.29, 1.82) is 0 Å². The van der Waals surface area contributed by atoms with Crippen LogP contribution in [0.15, 0.2) is 267 Å². The molecule has 0 unspecified atom stereocenters. The van der Waals surface area contributed by atoms with E-state index >= 15 is 0 Å². The van der Waals surface area contributed by atoms with E-state index in [1.807, 2.05) is 0 Å². The molecule has 15 rings (SSSR count). The topological polar surface area (TPSA) is 8.17 Å². The number of rotatable bonds is 6. The van der Waals surface area contributed by atoms with Crippen LogP contribution in [0.3, 0.4) is 0 Å². The first-order valence-corrected chi connectivity index (χ1v) is 24.7. The maximum Gasteiger partial charge on any atom is 0.0726 e. The average molecular weight is 901 g/mol. The molecule has 0 saturated carbocycles. The molecule has 0 radical (unpaired) electrons. The van der Waals surface area contributed by atoms with Gasteiger partial charge in [0.1, 0.15) is 0 Å². The summed E-state index contributed by atoms with van der Waals surface area (Å²) in [5, 5.41) is 7.42. The van der Waals surface area contributed by atoms with E-state index < -0.39 is 5.41 Å². The molecule has 0 bridgehead atoms. The Morgan fingerprint density at radius 3 is 1.52 bits per heavy atom. The smallest absolute Gasteiger partial charge is 0.0726 e.